The number of pyridine rings is 1. The number of hydrogen-bond acceptors (Lipinski definition) is 6. The van der Waals surface area contributed by atoms with Crippen LogP contribution < -0.4 is 4.74 Å². The number of rotatable bonds is 5. The topological polar surface area (TPSA) is 78.0 Å². The summed E-state index contributed by atoms with van der Waals surface area (Å²) in [6.45, 7) is 1.06. The van der Waals surface area contributed by atoms with Crippen LogP contribution in [0.3, 0.4) is 0 Å². The van der Waals surface area contributed by atoms with Crippen molar-refractivity contribution in [3.63, 3.8) is 0 Å². The van der Waals surface area contributed by atoms with Crippen molar-refractivity contribution in [1.82, 2.24) is 9.88 Å². The van der Waals surface area contributed by atoms with E-state index in [1.807, 2.05) is 30.3 Å². The monoisotopic (exact) mass is 396 g/mol. The fraction of sp³-hybridized carbons (Fsp3) is 0.409. The van der Waals surface area contributed by atoms with Crippen molar-refractivity contribution >= 4 is 11.9 Å². The maximum absolute atomic E-state index is 13.0. The molecule has 2 unspecified atom stereocenters. The van der Waals surface area contributed by atoms with Crippen LogP contribution in [0.4, 0.5) is 4.79 Å². The first-order valence-corrected chi connectivity index (χ1v) is 9.75. The van der Waals surface area contributed by atoms with E-state index in [0.29, 0.717) is 37.4 Å². The number of hydrogen-bond donors (Lipinski definition) is 0. The molecule has 1 amide bonds. The van der Waals surface area contributed by atoms with Crippen LogP contribution in [0.1, 0.15) is 28.8 Å². The van der Waals surface area contributed by atoms with Crippen LogP contribution in [0.15, 0.2) is 48.8 Å². The number of methoxy groups -OCH3 is 1. The summed E-state index contributed by atoms with van der Waals surface area (Å²) in [5.41, 5.74) is 1.48. The molecule has 29 heavy (non-hydrogen) atoms. The lowest BCUT2D eigenvalue weighted by molar-refractivity contribution is -0.0755. The number of benzene rings is 1. The summed E-state index contributed by atoms with van der Waals surface area (Å²) >= 11 is 0. The van der Waals surface area contributed by atoms with Crippen LogP contribution in [0, 0.1) is 5.92 Å². The zero-order chi connectivity index (χ0) is 20.2. The highest BCUT2D eigenvalue weighted by Gasteiger charge is 2.44. The van der Waals surface area contributed by atoms with Gasteiger partial charge in [-0.1, -0.05) is 30.3 Å². The second kappa shape index (κ2) is 8.61. The Morgan fingerprint density at radius 1 is 1.14 bits per heavy atom. The Balaban J connectivity index is 1.43. The predicted molar refractivity (Wildman–Crippen MR) is 105 cm³/mol. The molecule has 2 aliphatic rings. The summed E-state index contributed by atoms with van der Waals surface area (Å²) in [4.78, 5) is 31.6. The molecule has 2 fully saturated rings. The summed E-state index contributed by atoms with van der Waals surface area (Å²) in [6, 6.07) is 11.0. The minimum absolute atomic E-state index is 0.0330. The van der Waals surface area contributed by atoms with E-state index >= 15 is 0 Å². The second-order valence-corrected chi connectivity index (χ2v) is 7.44. The van der Waals surface area contributed by atoms with Crippen LogP contribution >= 0.6 is 0 Å². The third-order valence-electron chi connectivity index (χ3n) is 5.54. The number of aromatic nitrogens is 1. The minimum atomic E-state index is -0.346. The van der Waals surface area contributed by atoms with E-state index in [1.165, 1.54) is 0 Å². The molecule has 0 aliphatic carbocycles. The average molecular weight is 396 g/mol. The first-order valence-electron chi connectivity index (χ1n) is 9.75. The van der Waals surface area contributed by atoms with Gasteiger partial charge in [-0.2, -0.15) is 0 Å². The molecule has 0 saturated carbocycles. The summed E-state index contributed by atoms with van der Waals surface area (Å²) in [5, 5.41) is 0. The lowest BCUT2D eigenvalue weighted by Crippen LogP contribution is -2.59. The normalized spacial score (nSPS) is 23.3. The quantitative estimate of drug-likeness (QED) is 0.723. The Morgan fingerprint density at radius 3 is 2.55 bits per heavy atom. The van der Waals surface area contributed by atoms with Crippen LogP contribution in [-0.2, 0) is 16.1 Å². The molecule has 152 valence electrons. The molecule has 4 rings (SSSR count). The molecule has 3 heterocycles. The van der Waals surface area contributed by atoms with Gasteiger partial charge >= 0.3 is 6.09 Å². The van der Waals surface area contributed by atoms with Gasteiger partial charge in [0.15, 0.2) is 5.78 Å². The van der Waals surface area contributed by atoms with Gasteiger partial charge in [-0.25, -0.2) is 4.79 Å². The Bertz CT molecular complexity index is 859. The smallest absolute Gasteiger partial charge is 0.410 e. The number of carbonyl (C=O) groups is 2. The van der Waals surface area contributed by atoms with E-state index in [-0.39, 0.29) is 36.5 Å². The van der Waals surface area contributed by atoms with Gasteiger partial charge in [-0.15, -0.1) is 0 Å². The van der Waals surface area contributed by atoms with Crippen LogP contribution in [0.5, 0.6) is 5.75 Å². The van der Waals surface area contributed by atoms with Gasteiger partial charge in [0.25, 0.3) is 0 Å². The maximum Gasteiger partial charge on any atom is 0.410 e. The average Bonchev–Trinajstić information content (AvgIpc) is 2.76. The molecule has 2 aliphatic heterocycles. The largest absolute Gasteiger partial charge is 0.495 e. The summed E-state index contributed by atoms with van der Waals surface area (Å²) in [7, 11) is 1.55. The van der Waals surface area contributed by atoms with Crippen LogP contribution in [0.2, 0.25) is 0 Å². The minimum Gasteiger partial charge on any atom is -0.495 e. The number of nitrogens with zero attached hydrogens (tertiary/aromatic N) is 2. The highest BCUT2D eigenvalue weighted by atomic mass is 16.6. The van der Waals surface area contributed by atoms with Crippen LogP contribution in [0.25, 0.3) is 0 Å². The first-order chi connectivity index (χ1) is 14.2. The molecule has 2 saturated heterocycles. The van der Waals surface area contributed by atoms with Crippen molar-refractivity contribution in [2.75, 3.05) is 20.3 Å². The van der Waals surface area contributed by atoms with Gasteiger partial charge < -0.3 is 14.2 Å². The fourth-order valence-corrected chi connectivity index (χ4v) is 4.12. The van der Waals surface area contributed by atoms with E-state index in [9.17, 15) is 9.59 Å². The highest BCUT2D eigenvalue weighted by Crippen LogP contribution is 2.34. The standard InChI is InChI=1S/C22H24N2O5/c1-27-20-9-17(10-23-11-20)21(25)16-7-18-13-28-14-19(8-16)24(18)22(26)29-12-15-5-3-2-4-6-15/h2-6,9-11,16,18-19H,7-8,12-14H2,1H3. The van der Waals surface area contributed by atoms with Crippen LogP contribution in [-0.4, -0.2) is 54.2 Å². The molecule has 0 spiro atoms. The Morgan fingerprint density at radius 2 is 1.86 bits per heavy atom. The zero-order valence-electron chi connectivity index (χ0n) is 16.3. The highest BCUT2D eigenvalue weighted by molar-refractivity contribution is 5.98. The Labute approximate surface area is 169 Å². The number of Topliss-reactive ketones (excluding diaryl/α,β-unsaturated/α-hetero) is 1. The van der Waals surface area contributed by atoms with Gasteiger partial charge in [0.2, 0.25) is 0 Å². The van der Waals surface area contributed by atoms with Gasteiger partial charge in [-0.05, 0) is 24.5 Å². The molecular formula is C22H24N2O5. The van der Waals surface area contributed by atoms with E-state index in [1.54, 1.807) is 30.5 Å². The molecule has 0 radical (unpaired) electrons. The molecular weight excluding hydrogens is 372 g/mol. The number of ketones is 1. The number of morpholine rings is 1. The van der Waals surface area contributed by atoms with Crippen molar-refractivity contribution < 1.29 is 23.8 Å². The molecule has 0 N–H and O–H groups in total. The molecule has 7 nitrogen and oxygen atoms in total. The van der Waals surface area contributed by atoms with E-state index in [2.05, 4.69) is 4.98 Å². The van der Waals surface area contributed by atoms with E-state index in [4.69, 9.17) is 14.2 Å². The van der Waals surface area contributed by atoms with Crippen molar-refractivity contribution in [2.45, 2.75) is 31.5 Å². The molecule has 1 aromatic heterocycles. The summed E-state index contributed by atoms with van der Waals surface area (Å²) < 4.78 is 16.4. The van der Waals surface area contributed by atoms with E-state index < -0.39 is 0 Å². The first kappa shape index (κ1) is 19.4. The Hall–Kier alpha value is -2.93. The third kappa shape index (κ3) is 4.24. The van der Waals surface area contributed by atoms with Crippen molar-refractivity contribution in [3.8, 4) is 5.75 Å². The molecule has 2 bridgehead atoms. The van der Waals surface area contributed by atoms with Gasteiger partial charge in [0.1, 0.15) is 12.4 Å². The molecule has 2 aromatic rings. The number of carbonyl (C=O) groups excluding carboxylic acids is 2. The molecule has 2 atom stereocenters. The van der Waals surface area contributed by atoms with Crippen molar-refractivity contribution in [2.24, 2.45) is 5.92 Å². The number of amides is 1. The number of fused-ring (bicyclic) bond motifs is 2. The van der Waals surface area contributed by atoms with Gasteiger partial charge in [0, 0.05) is 17.7 Å². The third-order valence-corrected chi connectivity index (χ3v) is 5.54. The lowest BCUT2D eigenvalue weighted by atomic mass is 9.81. The van der Waals surface area contributed by atoms with Gasteiger partial charge in [0.05, 0.1) is 38.6 Å². The summed E-state index contributed by atoms with van der Waals surface area (Å²) in [6.07, 6.45) is 3.89. The SMILES string of the molecule is COc1cncc(C(=O)C2CC3COCC(C2)N3C(=O)OCc2ccccc2)c1. The van der Waals surface area contributed by atoms with E-state index in [0.717, 1.165) is 5.56 Å². The van der Waals surface area contributed by atoms with Crippen molar-refractivity contribution in [1.29, 1.82) is 0 Å². The Kier molecular flexibility index (Phi) is 5.76. The zero-order valence-corrected chi connectivity index (χ0v) is 16.3. The second-order valence-electron chi connectivity index (χ2n) is 7.44. The van der Waals surface area contributed by atoms with Gasteiger partial charge in [-0.3, -0.25) is 14.7 Å². The predicted octanol–water partition coefficient (Wildman–Crippen LogP) is 3.09. The number of piperidine rings is 1. The molecule has 1 aromatic carbocycles. The molecule has 7 heteroatoms. The lowest BCUT2D eigenvalue weighted by Gasteiger charge is -2.47. The number of ether oxygens (including phenoxy) is 3. The summed E-state index contributed by atoms with van der Waals surface area (Å²) in [5.74, 6) is 0.410. The fourth-order valence-electron chi connectivity index (χ4n) is 4.12. The van der Waals surface area contributed by atoms with Crippen molar-refractivity contribution in [3.05, 3.63) is 59.9 Å². The maximum atomic E-state index is 13.0.